The summed E-state index contributed by atoms with van der Waals surface area (Å²) in [5, 5.41) is 3.15. The molecular weight excluding hydrogens is 214 g/mol. The van der Waals surface area contributed by atoms with E-state index in [2.05, 4.69) is 15.3 Å². The highest BCUT2D eigenvalue weighted by Gasteiger charge is 2.06. The van der Waals surface area contributed by atoms with E-state index in [4.69, 9.17) is 11.6 Å². The molecule has 1 amide bonds. The summed E-state index contributed by atoms with van der Waals surface area (Å²) in [7, 11) is 0. The Balaban J connectivity index is 2.13. The summed E-state index contributed by atoms with van der Waals surface area (Å²) < 4.78 is 0. The summed E-state index contributed by atoms with van der Waals surface area (Å²) in [6.07, 6.45) is 3.22. The number of halogens is 1. The van der Waals surface area contributed by atoms with E-state index in [1.54, 1.807) is 30.5 Å². The van der Waals surface area contributed by atoms with Crippen LogP contribution in [0.1, 0.15) is 10.5 Å². The minimum atomic E-state index is -0.241. The Morgan fingerprint density at radius 1 is 1.47 bits per heavy atom. The van der Waals surface area contributed by atoms with Crippen molar-refractivity contribution in [3.8, 4) is 0 Å². The number of carbonyl (C=O) groups excluding carboxylic acids is 1. The van der Waals surface area contributed by atoms with Crippen LogP contribution in [0.2, 0.25) is 5.02 Å². The van der Waals surface area contributed by atoms with Gasteiger partial charge in [-0.2, -0.15) is 0 Å². The van der Waals surface area contributed by atoms with Gasteiger partial charge >= 0.3 is 0 Å². The summed E-state index contributed by atoms with van der Waals surface area (Å²) in [5.74, 6) is 0.192. The van der Waals surface area contributed by atoms with Gasteiger partial charge in [-0.05, 0) is 24.3 Å². The molecule has 76 valence electrons. The Morgan fingerprint density at radius 3 is 3.00 bits per heavy atom. The standard InChI is InChI=1S/C10H8ClN3O/c11-7-3-5-13-9(6-7)14-10(15)8-2-1-4-12-8/h1-6,12H,(H,13,14,15). The topological polar surface area (TPSA) is 57.8 Å². The van der Waals surface area contributed by atoms with Gasteiger partial charge in [-0.1, -0.05) is 11.6 Å². The van der Waals surface area contributed by atoms with Gasteiger partial charge in [0.15, 0.2) is 0 Å². The Kier molecular flexibility index (Phi) is 2.69. The molecule has 2 aromatic rings. The van der Waals surface area contributed by atoms with Gasteiger partial charge in [0.1, 0.15) is 11.5 Å². The molecule has 15 heavy (non-hydrogen) atoms. The van der Waals surface area contributed by atoms with Crippen molar-refractivity contribution < 1.29 is 4.79 Å². The molecule has 0 radical (unpaired) electrons. The molecule has 5 heteroatoms. The molecule has 2 heterocycles. The number of carbonyl (C=O) groups is 1. The molecule has 0 saturated heterocycles. The second-order valence-electron chi connectivity index (χ2n) is 2.90. The van der Waals surface area contributed by atoms with Gasteiger partial charge in [0.05, 0.1) is 0 Å². The fourth-order valence-electron chi connectivity index (χ4n) is 1.13. The summed E-state index contributed by atoms with van der Waals surface area (Å²) in [5.41, 5.74) is 0.483. The number of nitrogens with one attached hydrogen (secondary N) is 2. The molecule has 0 aliphatic rings. The van der Waals surface area contributed by atoms with Gasteiger partial charge < -0.3 is 10.3 Å². The Labute approximate surface area is 91.3 Å². The zero-order valence-corrected chi connectivity index (χ0v) is 8.45. The minimum Gasteiger partial charge on any atom is -0.357 e. The molecule has 4 nitrogen and oxygen atoms in total. The maximum absolute atomic E-state index is 11.6. The molecule has 0 spiro atoms. The van der Waals surface area contributed by atoms with Crippen molar-refractivity contribution >= 4 is 23.3 Å². The quantitative estimate of drug-likeness (QED) is 0.818. The van der Waals surface area contributed by atoms with Crippen LogP contribution < -0.4 is 5.32 Å². The molecule has 0 unspecified atom stereocenters. The minimum absolute atomic E-state index is 0.241. The number of pyridine rings is 1. The Morgan fingerprint density at radius 2 is 2.33 bits per heavy atom. The average molecular weight is 222 g/mol. The first-order chi connectivity index (χ1) is 7.25. The third-order valence-corrected chi connectivity index (χ3v) is 2.04. The van der Waals surface area contributed by atoms with Crippen LogP contribution in [-0.2, 0) is 0 Å². The van der Waals surface area contributed by atoms with E-state index >= 15 is 0 Å². The van der Waals surface area contributed by atoms with Crippen molar-refractivity contribution in [2.75, 3.05) is 5.32 Å². The highest BCUT2D eigenvalue weighted by Crippen LogP contribution is 2.12. The van der Waals surface area contributed by atoms with Crippen molar-refractivity contribution in [3.63, 3.8) is 0 Å². The summed E-state index contributed by atoms with van der Waals surface area (Å²) in [6.45, 7) is 0. The summed E-state index contributed by atoms with van der Waals surface area (Å²) in [6, 6.07) is 6.66. The fraction of sp³-hybridized carbons (Fsp3) is 0. The van der Waals surface area contributed by atoms with Gasteiger partial charge in [0.25, 0.3) is 5.91 Å². The van der Waals surface area contributed by atoms with Crippen molar-refractivity contribution in [3.05, 3.63) is 47.4 Å². The number of anilines is 1. The van der Waals surface area contributed by atoms with E-state index in [0.29, 0.717) is 16.5 Å². The predicted molar refractivity (Wildman–Crippen MR) is 58.0 cm³/mol. The second-order valence-corrected chi connectivity index (χ2v) is 3.33. The van der Waals surface area contributed by atoms with Gasteiger partial charge in [0.2, 0.25) is 0 Å². The van der Waals surface area contributed by atoms with E-state index in [1.165, 1.54) is 6.20 Å². The number of H-pyrrole nitrogens is 1. The first kappa shape index (κ1) is 9.73. The third kappa shape index (κ3) is 2.35. The number of amides is 1. The van der Waals surface area contributed by atoms with Crippen molar-refractivity contribution in [2.24, 2.45) is 0 Å². The number of rotatable bonds is 2. The molecule has 0 aromatic carbocycles. The lowest BCUT2D eigenvalue weighted by atomic mass is 10.4. The zero-order chi connectivity index (χ0) is 10.7. The SMILES string of the molecule is O=C(Nc1cc(Cl)ccn1)c1ccc[nH]1. The van der Waals surface area contributed by atoms with E-state index < -0.39 is 0 Å². The molecule has 0 aliphatic carbocycles. The third-order valence-electron chi connectivity index (χ3n) is 1.81. The van der Waals surface area contributed by atoms with Crippen LogP contribution in [0.25, 0.3) is 0 Å². The lowest BCUT2D eigenvalue weighted by Gasteiger charge is -2.02. The van der Waals surface area contributed by atoms with Crippen LogP contribution in [0, 0.1) is 0 Å². The van der Waals surface area contributed by atoms with Crippen molar-refractivity contribution in [1.29, 1.82) is 0 Å². The summed E-state index contributed by atoms with van der Waals surface area (Å²) >= 11 is 5.75. The van der Waals surface area contributed by atoms with Crippen LogP contribution in [0.15, 0.2) is 36.7 Å². The van der Waals surface area contributed by atoms with Gasteiger partial charge in [-0.3, -0.25) is 4.79 Å². The largest absolute Gasteiger partial charge is 0.357 e. The Bertz CT molecular complexity index is 467. The molecule has 0 bridgehead atoms. The van der Waals surface area contributed by atoms with E-state index in [9.17, 15) is 4.79 Å². The molecule has 0 fully saturated rings. The average Bonchev–Trinajstić information content (AvgIpc) is 2.70. The molecule has 2 rings (SSSR count). The van der Waals surface area contributed by atoms with Gasteiger partial charge in [-0.25, -0.2) is 4.98 Å². The van der Waals surface area contributed by atoms with E-state index in [0.717, 1.165) is 0 Å². The first-order valence-electron chi connectivity index (χ1n) is 4.32. The first-order valence-corrected chi connectivity index (χ1v) is 4.70. The highest BCUT2D eigenvalue weighted by atomic mass is 35.5. The smallest absolute Gasteiger partial charge is 0.273 e. The normalized spacial score (nSPS) is 9.93. The van der Waals surface area contributed by atoms with Crippen molar-refractivity contribution in [2.45, 2.75) is 0 Å². The maximum atomic E-state index is 11.6. The Hall–Kier alpha value is -1.81. The number of aromatic nitrogens is 2. The van der Waals surface area contributed by atoms with Crippen molar-refractivity contribution in [1.82, 2.24) is 9.97 Å². The van der Waals surface area contributed by atoms with Gasteiger partial charge in [-0.15, -0.1) is 0 Å². The van der Waals surface area contributed by atoms with Crippen LogP contribution in [0.3, 0.4) is 0 Å². The van der Waals surface area contributed by atoms with Gasteiger partial charge in [0, 0.05) is 17.4 Å². The number of hydrogen-bond acceptors (Lipinski definition) is 2. The second kappa shape index (κ2) is 4.14. The van der Waals surface area contributed by atoms with E-state index in [1.807, 2.05) is 0 Å². The lowest BCUT2D eigenvalue weighted by molar-refractivity contribution is 0.102. The molecule has 0 saturated carbocycles. The van der Waals surface area contributed by atoms with Crippen LogP contribution in [0.4, 0.5) is 5.82 Å². The number of nitrogens with zero attached hydrogens (tertiary/aromatic N) is 1. The maximum Gasteiger partial charge on any atom is 0.273 e. The van der Waals surface area contributed by atoms with E-state index in [-0.39, 0.29) is 5.91 Å². The molecule has 2 aromatic heterocycles. The molecule has 0 aliphatic heterocycles. The molecular formula is C10H8ClN3O. The predicted octanol–water partition coefficient (Wildman–Crippen LogP) is 2.32. The molecule has 2 N–H and O–H groups in total. The zero-order valence-electron chi connectivity index (χ0n) is 7.70. The fourth-order valence-corrected chi connectivity index (χ4v) is 1.29. The lowest BCUT2D eigenvalue weighted by Crippen LogP contribution is -2.12. The van der Waals surface area contributed by atoms with Crippen LogP contribution >= 0.6 is 11.6 Å². The summed E-state index contributed by atoms with van der Waals surface area (Å²) in [4.78, 5) is 18.3. The number of hydrogen-bond donors (Lipinski definition) is 2. The molecule has 0 atom stereocenters. The monoisotopic (exact) mass is 221 g/mol. The number of aromatic amines is 1. The van der Waals surface area contributed by atoms with Crippen LogP contribution in [0.5, 0.6) is 0 Å². The highest BCUT2D eigenvalue weighted by molar-refractivity contribution is 6.30. The van der Waals surface area contributed by atoms with Crippen LogP contribution in [-0.4, -0.2) is 15.9 Å².